The van der Waals surface area contributed by atoms with Crippen molar-refractivity contribution in [3.05, 3.63) is 15.5 Å². The molecular formula is C9H13ClN2OS. The molecule has 0 radical (unpaired) electrons. The SMILES string of the molecule is CC1CN(Cc2csc(Cl)n2)CC1O. The number of aliphatic hydroxyl groups is 1. The quantitative estimate of drug-likeness (QED) is 0.842. The molecule has 1 fully saturated rings. The number of halogens is 1. The number of hydrogen-bond donors (Lipinski definition) is 1. The molecule has 0 bridgehead atoms. The fraction of sp³-hybridized carbons (Fsp3) is 0.667. The number of thiazole rings is 1. The van der Waals surface area contributed by atoms with E-state index in [4.69, 9.17) is 11.6 Å². The Morgan fingerprint density at radius 3 is 3.00 bits per heavy atom. The molecule has 1 saturated heterocycles. The van der Waals surface area contributed by atoms with Crippen LogP contribution in [0, 0.1) is 5.92 Å². The first-order valence-electron chi connectivity index (χ1n) is 4.65. The second-order valence-electron chi connectivity index (χ2n) is 3.83. The Kier molecular flexibility index (Phi) is 3.07. The molecule has 2 heterocycles. The average molecular weight is 233 g/mol. The van der Waals surface area contributed by atoms with Gasteiger partial charge in [-0.05, 0) is 5.92 Å². The first-order valence-corrected chi connectivity index (χ1v) is 5.91. The molecule has 0 amide bonds. The van der Waals surface area contributed by atoms with Gasteiger partial charge in [-0.15, -0.1) is 11.3 Å². The summed E-state index contributed by atoms with van der Waals surface area (Å²) in [5.74, 6) is 0.365. The van der Waals surface area contributed by atoms with Crippen LogP contribution in [0.5, 0.6) is 0 Å². The molecule has 2 unspecified atom stereocenters. The molecule has 3 nitrogen and oxygen atoms in total. The predicted octanol–water partition coefficient (Wildman–Crippen LogP) is 1.61. The lowest BCUT2D eigenvalue weighted by molar-refractivity contribution is 0.147. The van der Waals surface area contributed by atoms with E-state index in [1.807, 2.05) is 5.38 Å². The number of β-amino-alcohol motifs (C(OH)–C–C–N with tert-alkyl or cyclic N) is 1. The number of aliphatic hydroxyl groups excluding tert-OH is 1. The van der Waals surface area contributed by atoms with E-state index in [2.05, 4.69) is 16.8 Å². The van der Waals surface area contributed by atoms with Crippen LogP contribution in [-0.4, -0.2) is 34.2 Å². The van der Waals surface area contributed by atoms with Crippen molar-refractivity contribution in [2.45, 2.75) is 19.6 Å². The summed E-state index contributed by atoms with van der Waals surface area (Å²) in [6.07, 6.45) is -0.191. The molecular weight excluding hydrogens is 220 g/mol. The highest BCUT2D eigenvalue weighted by molar-refractivity contribution is 7.13. The van der Waals surface area contributed by atoms with Crippen molar-refractivity contribution in [2.75, 3.05) is 13.1 Å². The Balaban J connectivity index is 1.93. The van der Waals surface area contributed by atoms with Crippen molar-refractivity contribution in [1.82, 2.24) is 9.88 Å². The van der Waals surface area contributed by atoms with Gasteiger partial charge in [0.15, 0.2) is 4.47 Å². The minimum atomic E-state index is -0.191. The number of nitrogens with zero attached hydrogens (tertiary/aromatic N) is 2. The van der Waals surface area contributed by atoms with Gasteiger partial charge in [0.25, 0.3) is 0 Å². The van der Waals surface area contributed by atoms with Crippen LogP contribution in [0.1, 0.15) is 12.6 Å². The maximum atomic E-state index is 9.57. The van der Waals surface area contributed by atoms with Gasteiger partial charge in [-0.1, -0.05) is 18.5 Å². The normalized spacial score (nSPS) is 28.5. The molecule has 1 N–H and O–H groups in total. The largest absolute Gasteiger partial charge is 0.391 e. The molecule has 1 aromatic rings. The third kappa shape index (κ3) is 2.25. The molecule has 2 atom stereocenters. The minimum Gasteiger partial charge on any atom is -0.391 e. The zero-order chi connectivity index (χ0) is 10.1. The van der Waals surface area contributed by atoms with Crippen LogP contribution in [0.25, 0.3) is 0 Å². The second-order valence-corrected chi connectivity index (χ2v) is 5.27. The Bertz CT molecular complexity index is 308. The van der Waals surface area contributed by atoms with E-state index in [1.54, 1.807) is 0 Å². The van der Waals surface area contributed by atoms with Crippen LogP contribution < -0.4 is 0 Å². The zero-order valence-corrected chi connectivity index (χ0v) is 9.55. The molecule has 1 aliphatic rings. The average Bonchev–Trinajstić information content (AvgIpc) is 2.62. The lowest BCUT2D eigenvalue weighted by atomic mass is 10.1. The number of hydrogen-bond acceptors (Lipinski definition) is 4. The lowest BCUT2D eigenvalue weighted by Crippen LogP contribution is -2.21. The minimum absolute atomic E-state index is 0.191. The summed E-state index contributed by atoms with van der Waals surface area (Å²) < 4.78 is 0.591. The van der Waals surface area contributed by atoms with Crippen molar-refractivity contribution in [3.63, 3.8) is 0 Å². The highest BCUT2D eigenvalue weighted by atomic mass is 35.5. The molecule has 1 aliphatic heterocycles. The van der Waals surface area contributed by atoms with Crippen molar-refractivity contribution in [3.8, 4) is 0 Å². The van der Waals surface area contributed by atoms with E-state index >= 15 is 0 Å². The third-order valence-corrected chi connectivity index (χ3v) is 3.59. The van der Waals surface area contributed by atoms with Gasteiger partial charge in [-0.25, -0.2) is 4.98 Å². The molecule has 78 valence electrons. The van der Waals surface area contributed by atoms with E-state index in [1.165, 1.54) is 11.3 Å². The van der Waals surface area contributed by atoms with Gasteiger partial charge in [0, 0.05) is 25.0 Å². The van der Waals surface area contributed by atoms with E-state index in [9.17, 15) is 5.11 Å². The van der Waals surface area contributed by atoms with Crippen molar-refractivity contribution in [1.29, 1.82) is 0 Å². The van der Waals surface area contributed by atoms with Crippen molar-refractivity contribution >= 4 is 22.9 Å². The molecule has 2 rings (SSSR count). The van der Waals surface area contributed by atoms with Crippen LogP contribution >= 0.6 is 22.9 Å². The van der Waals surface area contributed by atoms with Crippen LogP contribution in [0.15, 0.2) is 5.38 Å². The van der Waals surface area contributed by atoms with Gasteiger partial charge in [0.1, 0.15) is 0 Å². The van der Waals surface area contributed by atoms with E-state index < -0.39 is 0 Å². The fourth-order valence-corrected chi connectivity index (χ4v) is 2.53. The molecule has 0 saturated carbocycles. The van der Waals surface area contributed by atoms with Crippen LogP contribution in [0.3, 0.4) is 0 Å². The zero-order valence-electron chi connectivity index (χ0n) is 7.98. The molecule has 5 heteroatoms. The monoisotopic (exact) mass is 232 g/mol. The first kappa shape index (κ1) is 10.4. The summed E-state index contributed by atoms with van der Waals surface area (Å²) >= 11 is 7.20. The Hall–Kier alpha value is -0.160. The number of likely N-dealkylation sites (tertiary alicyclic amines) is 1. The number of aromatic nitrogens is 1. The van der Waals surface area contributed by atoms with Gasteiger partial charge >= 0.3 is 0 Å². The summed E-state index contributed by atoms with van der Waals surface area (Å²) in [5, 5.41) is 11.5. The molecule has 0 spiro atoms. The molecule has 1 aromatic heterocycles. The van der Waals surface area contributed by atoms with E-state index in [0.717, 1.165) is 25.3 Å². The fourth-order valence-electron chi connectivity index (χ4n) is 1.76. The molecule has 0 aromatic carbocycles. The summed E-state index contributed by atoms with van der Waals surface area (Å²) in [4.78, 5) is 6.39. The Morgan fingerprint density at radius 1 is 1.71 bits per heavy atom. The number of rotatable bonds is 2. The summed E-state index contributed by atoms with van der Waals surface area (Å²) in [6.45, 7) is 4.55. The lowest BCUT2D eigenvalue weighted by Gasteiger charge is -2.12. The van der Waals surface area contributed by atoms with Gasteiger partial charge in [0.05, 0.1) is 11.8 Å². The van der Waals surface area contributed by atoms with E-state index in [-0.39, 0.29) is 6.10 Å². The maximum Gasteiger partial charge on any atom is 0.183 e. The van der Waals surface area contributed by atoms with Gasteiger partial charge < -0.3 is 5.11 Å². The molecule has 14 heavy (non-hydrogen) atoms. The highest BCUT2D eigenvalue weighted by Gasteiger charge is 2.27. The Morgan fingerprint density at radius 2 is 2.50 bits per heavy atom. The Labute approximate surface area is 92.3 Å². The van der Waals surface area contributed by atoms with Crippen LogP contribution in [0.2, 0.25) is 4.47 Å². The summed E-state index contributed by atoms with van der Waals surface area (Å²) in [5.41, 5.74) is 1.00. The topological polar surface area (TPSA) is 36.4 Å². The van der Waals surface area contributed by atoms with Crippen molar-refractivity contribution < 1.29 is 5.11 Å². The van der Waals surface area contributed by atoms with Gasteiger partial charge in [-0.2, -0.15) is 0 Å². The standard InChI is InChI=1S/C9H13ClN2OS/c1-6-2-12(4-8(6)13)3-7-5-14-9(10)11-7/h5-6,8,13H,2-4H2,1H3. The molecule has 0 aliphatic carbocycles. The third-order valence-electron chi connectivity index (χ3n) is 2.56. The smallest absolute Gasteiger partial charge is 0.183 e. The van der Waals surface area contributed by atoms with Crippen molar-refractivity contribution in [2.24, 2.45) is 5.92 Å². The first-order chi connectivity index (χ1) is 6.65. The van der Waals surface area contributed by atoms with E-state index in [0.29, 0.717) is 10.4 Å². The van der Waals surface area contributed by atoms with Gasteiger partial charge in [-0.3, -0.25) is 4.90 Å². The van der Waals surface area contributed by atoms with Gasteiger partial charge in [0.2, 0.25) is 0 Å². The predicted molar refractivity (Wildman–Crippen MR) is 57.6 cm³/mol. The van der Waals surface area contributed by atoms with Crippen LogP contribution in [0.4, 0.5) is 0 Å². The summed E-state index contributed by atoms with van der Waals surface area (Å²) in [7, 11) is 0. The highest BCUT2D eigenvalue weighted by Crippen LogP contribution is 2.21. The van der Waals surface area contributed by atoms with Crippen LogP contribution in [-0.2, 0) is 6.54 Å². The second kappa shape index (κ2) is 4.14. The summed E-state index contributed by atoms with van der Waals surface area (Å²) in [6, 6.07) is 0. The maximum absolute atomic E-state index is 9.57.